The van der Waals surface area contributed by atoms with Gasteiger partial charge in [0, 0.05) is 17.6 Å². The molecule has 5 nitrogen and oxygen atoms in total. The highest BCUT2D eigenvalue weighted by Crippen LogP contribution is 2.60. The Morgan fingerprint density at radius 1 is 1.12 bits per heavy atom. The van der Waals surface area contributed by atoms with Gasteiger partial charge < -0.3 is 9.88 Å². The third-order valence-corrected chi connectivity index (χ3v) is 7.57. The molecule has 26 heavy (non-hydrogen) atoms. The van der Waals surface area contributed by atoms with E-state index in [1.165, 1.54) is 19.3 Å². The number of aryl methyl sites for hydroxylation is 1. The molecule has 1 aromatic heterocycles. The molecule has 6 heteroatoms. The molecule has 6 rings (SSSR count). The lowest BCUT2D eigenvalue weighted by atomic mass is 9.49. The Morgan fingerprint density at radius 2 is 1.73 bits per heavy atom. The molecule has 0 aliphatic heterocycles. The number of hydrogen-bond donors (Lipinski definition) is 1. The average molecular weight is 369 g/mol. The minimum Gasteiger partial charge on any atom is -0.326 e. The van der Waals surface area contributed by atoms with Gasteiger partial charge in [0.1, 0.15) is 6.33 Å². The summed E-state index contributed by atoms with van der Waals surface area (Å²) in [5, 5.41) is 12.1. The number of benzene rings is 1. The maximum atomic E-state index is 13.1. The second-order valence-corrected chi connectivity index (χ2v) is 9.54. The van der Waals surface area contributed by atoms with Gasteiger partial charge in [0.05, 0.1) is 5.41 Å². The van der Waals surface area contributed by atoms with Crippen molar-refractivity contribution in [1.82, 2.24) is 14.8 Å². The summed E-state index contributed by atoms with van der Waals surface area (Å²) in [6.45, 7) is 0. The molecule has 1 aromatic carbocycles. The van der Waals surface area contributed by atoms with E-state index < -0.39 is 0 Å². The molecule has 4 aliphatic carbocycles. The fourth-order valence-corrected chi connectivity index (χ4v) is 6.49. The van der Waals surface area contributed by atoms with Gasteiger partial charge in [-0.1, -0.05) is 0 Å². The molecule has 0 unspecified atom stereocenters. The molecule has 136 valence electrons. The summed E-state index contributed by atoms with van der Waals surface area (Å²) >= 11 is 1.57. The number of hydrogen-bond acceptors (Lipinski definition) is 4. The van der Waals surface area contributed by atoms with E-state index >= 15 is 0 Å². The van der Waals surface area contributed by atoms with Gasteiger partial charge in [-0.25, -0.2) is 0 Å². The van der Waals surface area contributed by atoms with Crippen LogP contribution in [-0.2, 0) is 11.8 Å². The molecule has 2 aromatic rings. The van der Waals surface area contributed by atoms with Gasteiger partial charge in [0.2, 0.25) is 5.91 Å². The fourth-order valence-electron chi connectivity index (χ4n) is 5.73. The molecule has 1 heterocycles. The first kappa shape index (κ1) is 16.4. The number of nitrogens with one attached hydrogen (secondary N) is 1. The SMILES string of the molecule is Cn1cnnc1Sc1ccc(NC(=O)C23CC4CC(CC(C4)C2)C3)cc1. The maximum Gasteiger partial charge on any atom is 0.230 e. The van der Waals surface area contributed by atoms with Gasteiger partial charge in [-0.2, -0.15) is 0 Å². The normalized spacial score (nSPS) is 32.0. The first-order chi connectivity index (χ1) is 12.6. The third kappa shape index (κ3) is 2.84. The quantitative estimate of drug-likeness (QED) is 0.882. The lowest BCUT2D eigenvalue weighted by Gasteiger charge is -2.55. The van der Waals surface area contributed by atoms with Crippen molar-refractivity contribution < 1.29 is 4.79 Å². The van der Waals surface area contributed by atoms with Crippen molar-refractivity contribution >= 4 is 23.4 Å². The first-order valence-electron chi connectivity index (χ1n) is 9.53. The van der Waals surface area contributed by atoms with Crippen LogP contribution in [0.3, 0.4) is 0 Å². The molecule has 4 bridgehead atoms. The average Bonchev–Trinajstić information content (AvgIpc) is 3.00. The Labute approximate surface area is 158 Å². The van der Waals surface area contributed by atoms with Crippen LogP contribution < -0.4 is 5.32 Å². The van der Waals surface area contributed by atoms with Crippen molar-refractivity contribution in [2.24, 2.45) is 30.2 Å². The van der Waals surface area contributed by atoms with E-state index in [1.807, 2.05) is 35.9 Å². The van der Waals surface area contributed by atoms with Crippen LogP contribution in [0.1, 0.15) is 38.5 Å². The summed E-state index contributed by atoms with van der Waals surface area (Å²) in [6, 6.07) is 8.07. The fraction of sp³-hybridized carbons (Fsp3) is 0.550. The van der Waals surface area contributed by atoms with E-state index in [2.05, 4.69) is 15.5 Å². The van der Waals surface area contributed by atoms with Crippen molar-refractivity contribution in [2.75, 3.05) is 5.32 Å². The Hall–Kier alpha value is -1.82. The minimum atomic E-state index is -0.0964. The van der Waals surface area contributed by atoms with Crippen molar-refractivity contribution in [2.45, 2.75) is 48.6 Å². The number of carbonyl (C=O) groups is 1. The van der Waals surface area contributed by atoms with Crippen LogP contribution >= 0.6 is 11.8 Å². The monoisotopic (exact) mass is 368 g/mol. The summed E-state index contributed by atoms with van der Waals surface area (Å²) in [5.41, 5.74) is 0.800. The van der Waals surface area contributed by atoms with Crippen LogP contribution in [0, 0.1) is 23.2 Å². The molecule has 0 atom stereocenters. The van der Waals surface area contributed by atoms with E-state index in [9.17, 15) is 4.79 Å². The van der Waals surface area contributed by atoms with E-state index in [4.69, 9.17) is 0 Å². The predicted octanol–water partition coefficient (Wildman–Crippen LogP) is 4.12. The van der Waals surface area contributed by atoms with E-state index in [-0.39, 0.29) is 11.3 Å². The molecule has 0 radical (unpaired) electrons. The molecular formula is C20H24N4OS. The molecule has 1 amide bonds. The maximum absolute atomic E-state index is 13.1. The highest BCUT2D eigenvalue weighted by Gasteiger charge is 2.54. The Morgan fingerprint density at radius 3 is 2.27 bits per heavy atom. The number of anilines is 1. The number of nitrogens with zero attached hydrogens (tertiary/aromatic N) is 3. The van der Waals surface area contributed by atoms with Gasteiger partial charge in [-0.3, -0.25) is 4.79 Å². The summed E-state index contributed by atoms with van der Waals surface area (Å²) in [6.07, 6.45) is 9.09. The highest BCUT2D eigenvalue weighted by molar-refractivity contribution is 7.99. The number of aromatic nitrogens is 3. The molecule has 1 N–H and O–H groups in total. The number of rotatable bonds is 4. The Balaban J connectivity index is 1.28. The first-order valence-corrected chi connectivity index (χ1v) is 10.3. The minimum absolute atomic E-state index is 0.0964. The zero-order chi connectivity index (χ0) is 17.7. The highest BCUT2D eigenvalue weighted by atomic mass is 32.2. The van der Waals surface area contributed by atoms with Crippen LogP contribution in [0.25, 0.3) is 0 Å². The van der Waals surface area contributed by atoms with E-state index in [1.54, 1.807) is 18.1 Å². The van der Waals surface area contributed by atoms with Gasteiger partial charge in [-0.15, -0.1) is 10.2 Å². The second kappa shape index (κ2) is 6.12. The lowest BCUT2D eigenvalue weighted by molar-refractivity contribution is -0.140. The van der Waals surface area contributed by atoms with Crippen molar-refractivity contribution in [1.29, 1.82) is 0 Å². The molecule has 4 fully saturated rings. The van der Waals surface area contributed by atoms with Crippen LogP contribution in [0.5, 0.6) is 0 Å². The summed E-state index contributed by atoms with van der Waals surface area (Å²) in [5.74, 6) is 2.62. The summed E-state index contributed by atoms with van der Waals surface area (Å²) in [4.78, 5) is 14.2. The van der Waals surface area contributed by atoms with E-state index in [0.717, 1.165) is 52.8 Å². The second-order valence-electron chi connectivity index (χ2n) is 8.50. The smallest absolute Gasteiger partial charge is 0.230 e. The van der Waals surface area contributed by atoms with Gasteiger partial charge in [-0.05, 0) is 92.3 Å². The van der Waals surface area contributed by atoms with Gasteiger partial charge >= 0.3 is 0 Å². The topological polar surface area (TPSA) is 59.8 Å². The van der Waals surface area contributed by atoms with Crippen molar-refractivity contribution in [3.05, 3.63) is 30.6 Å². The van der Waals surface area contributed by atoms with Crippen LogP contribution in [0.2, 0.25) is 0 Å². The Bertz CT molecular complexity index is 793. The number of carbonyl (C=O) groups excluding carboxylic acids is 1. The van der Waals surface area contributed by atoms with Crippen LogP contribution in [0.15, 0.2) is 40.6 Å². The summed E-state index contributed by atoms with van der Waals surface area (Å²) in [7, 11) is 1.93. The van der Waals surface area contributed by atoms with Gasteiger partial charge in [0.15, 0.2) is 5.16 Å². The van der Waals surface area contributed by atoms with Crippen molar-refractivity contribution in [3.8, 4) is 0 Å². The Kier molecular flexibility index (Phi) is 3.85. The zero-order valence-electron chi connectivity index (χ0n) is 15.0. The molecular weight excluding hydrogens is 344 g/mol. The molecule has 0 saturated heterocycles. The van der Waals surface area contributed by atoms with Gasteiger partial charge in [0.25, 0.3) is 0 Å². The zero-order valence-corrected chi connectivity index (χ0v) is 15.8. The third-order valence-electron chi connectivity index (χ3n) is 6.51. The van der Waals surface area contributed by atoms with Crippen molar-refractivity contribution in [3.63, 3.8) is 0 Å². The largest absolute Gasteiger partial charge is 0.326 e. The predicted molar refractivity (Wildman–Crippen MR) is 101 cm³/mol. The number of amides is 1. The summed E-state index contributed by atoms with van der Waals surface area (Å²) < 4.78 is 1.90. The van der Waals surface area contributed by atoms with Crippen LogP contribution in [0.4, 0.5) is 5.69 Å². The van der Waals surface area contributed by atoms with E-state index in [0.29, 0.717) is 0 Å². The lowest BCUT2D eigenvalue weighted by Crippen LogP contribution is -2.51. The molecule has 4 saturated carbocycles. The van der Waals surface area contributed by atoms with Crippen LogP contribution in [-0.4, -0.2) is 20.7 Å². The standard InChI is InChI=1S/C20H24N4OS/c1-24-12-21-23-19(24)26-17-4-2-16(3-5-17)22-18(25)20-9-13-6-14(10-20)8-15(7-13)11-20/h2-5,12-15H,6-11H2,1H3,(H,22,25). The molecule has 0 spiro atoms. The molecule has 4 aliphatic rings.